The van der Waals surface area contributed by atoms with Crippen LogP contribution in [0.25, 0.3) is 10.9 Å². The second-order valence-electron chi connectivity index (χ2n) is 3.50. The van der Waals surface area contributed by atoms with Crippen molar-refractivity contribution in [1.29, 1.82) is 0 Å². The molecule has 3 heteroatoms. The first kappa shape index (κ1) is 9.65. The lowest BCUT2D eigenvalue weighted by molar-refractivity contribution is 0.0941. The van der Waals surface area contributed by atoms with Crippen LogP contribution in [0.4, 0.5) is 0 Å². The average Bonchev–Trinajstić information content (AvgIpc) is 2.60. The summed E-state index contributed by atoms with van der Waals surface area (Å²) in [6.45, 7) is 2.99. The van der Waals surface area contributed by atoms with E-state index in [9.17, 15) is 9.59 Å². The lowest BCUT2D eigenvalue weighted by Gasteiger charge is -2.03. The summed E-state index contributed by atoms with van der Waals surface area (Å²) in [7, 11) is 0. The van der Waals surface area contributed by atoms with Crippen molar-refractivity contribution in [2.75, 3.05) is 0 Å². The number of benzene rings is 1. The van der Waals surface area contributed by atoms with Crippen molar-refractivity contribution in [3.05, 3.63) is 36.0 Å². The van der Waals surface area contributed by atoms with E-state index >= 15 is 0 Å². The lowest BCUT2D eigenvalue weighted by Crippen LogP contribution is -2.06. The van der Waals surface area contributed by atoms with Crippen LogP contribution in [-0.2, 0) is 0 Å². The van der Waals surface area contributed by atoms with Crippen LogP contribution < -0.4 is 0 Å². The first-order chi connectivity index (χ1) is 7.11. The topological polar surface area (TPSA) is 39.1 Å². The summed E-state index contributed by atoms with van der Waals surface area (Å²) in [5.41, 5.74) is 1.30. The van der Waals surface area contributed by atoms with Gasteiger partial charge in [0.05, 0.1) is 5.52 Å². The molecular formula is C12H11NO2. The molecule has 1 heterocycles. The van der Waals surface area contributed by atoms with Gasteiger partial charge in [-0.2, -0.15) is 0 Å². The maximum Gasteiger partial charge on any atom is 0.227 e. The normalized spacial score (nSPS) is 10.5. The zero-order valence-electron chi connectivity index (χ0n) is 8.65. The van der Waals surface area contributed by atoms with Gasteiger partial charge in [-0.25, -0.2) is 0 Å². The summed E-state index contributed by atoms with van der Waals surface area (Å²) in [5, 5.41) is 0.915. The number of para-hydroxylation sites is 1. The molecule has 0 fully saturated rings. The number of fused-ring (bicyclic) bond motifs is 1. The number of hydrogen-bond acceptors (Lipinski definition) is 2. The molecule has 0 amide bonds. The number of aromatic nitrogens is 1. The molecule has 15 heavy (non-hydrogen) atoms. The van der Waals surface area contributed by atoms with E-state index in [2.05, 4.69) is 0 Å². The maximum atomic E-state index is 11.4. The zero-order valence-corrected chi connectivity index (χ0v) is 8.65. The molecule has 0 aliphatic rings. The molecule has 76 valence electrons. The number of nitrogens with zero attached hydrogens (tertiary/aromatic N) is 1. The van der Waals surface area contributed by atoms with Crippen LogP contribution in [0.1, 0.15) is 29.0 Å². The Labute approximate surface area is 87.3 Å². The molecule has 0 atom stereocenters. The molecular weight excluding hydrogens is 190 g/mol. The second-order valence-corrected chi connectivity index (χ2v) is 3.50. The summed E-state index contributed by atoms with van der Waals surface area (Å²) in [6.07, 6.45) is 1.69. The SMILES string of the molecule is CC(=O)c1cccc2ccn(C(C)=O)c12. The Morgan fingerprint density at radius 2 is 1.87 bits per heavy atom. The third-order valence-electron chi connectivity index (χ3n) is 2.43. The van der Waals surface area contributed by atoms with Gasteiger partial charge in [-0.1, -0.05) is 12.1 Å². The van der Waals surface area contributed by atoms with Gasteiger partial charge < -0.3 is 0 Å². The monoisotopic (exact) mass is 201 g/mol. The van der Waals surface area contributed by atoms with Gasteiger partial charge in [0.1, 0.15) is 0 Å². The Morgan fingerprint density at radius 3 is 2.47 bits per heavy atom. The largest absolute Gasteiger partial charge is 0.294 e. The van der Waals surface area contributed by atoms with E-state index in [4.69, 9.17) is 0 Å². The molecule has 2 rings (SSSR count). The summed E-state index contributed by atoms with van der Waals surface area (Å²) >= 11 is 0. The quantitative estimate of drug-likeness (QED) is 0.665. The van der Waals surface area contributed by atoms with E-state index in [-0.39, 0.29) is 11.7 Å². The smallest absolute Gasteiger partial charge is 0.227 e. The van der Waals surface area contributed by atoms with E-state index < -0.39 is 0 Å². The fraction of sp³-hybridized carbons (Fsp3) is 0.167. The van der Waals surface area contributed by atoms with Gasteiger partial charge in [0, 0.05) is 24.1 Å². The Bertz CT molecular complexity index is 552. The highest BCUT2D eigenvalue weighted by Crippen LogP contribution is 2.20. The van der Waals surface area contributed by atoms with Gasteiger partial charge in [0.25, 0.3) is 0 Å². The summed E-state index contributed by atoms with van der Waals surface area (Å²) in [6, 6.07) is 7.29. The third-order valence-corrected chi connectivity index (χ3v) is 2.43. The molecule has 0 unspecified atom stereocenters. The summed E-state index contributed by atoms with van der Waals surface area (Å²) < 4.78 is 1.51. The molecule has 0 spiro atoms. The van der Waals surface area contributed by atoms with Gasteiger partial charge in [-0.15, -0.1) is 0 Å². The minimum Gasteiger partial charge on any atom is -0.294 e. The highest BCUT2D eigenvalue weighted by molar-refractivity contribution is 6.08. The van der Waals surface area contributed by atoms with Crippen LogP contribution in [-0.4, -0.2) is 16.3 Å². The molecule has 0 N–H and O–H groups in total. The molecule has 3 nitrogen and oxygen atoms in total. The Balaban J connectivity index is 2.86. The van der Waals surface area contributed by atoms with Crippen LogP contribution in [0.3, 0.4) is 0 Å². The number of carbonyl (C=O) groups excluding carboxylic acids is 2. The summed E-state index contributed by atoms with van der Waals surface area (Å²) in [4.78, 5) is 22.8. The molecule has 0 aliphatic heterocycles. The fourth-order valence-corrected chi connectivity index (χ4v) is 1.74. The highest BCUT2D eigenvalue weighted by Gasteiger charge is 2.11. The van der Waals surface area contributed by atoms with Crippen molar-refractivity contribution in [3.63, 3.8) is 0 Å². The molecule has 0 saturated heterocycles. The number of ketones is 1. The van der Waals surface area contributed by atoms with Crippen molar-refractivity contribution in [2.24, 2.45) is 0 Å². The van der Waals surface area contributed by atoms with Crippen molar-refractivity contribution in [3.8, 4) is 0 Å². The van der Waals surface area contributed by atoms with Crippen molar-refractivity contribution >= 4 is 22.6 Å². The highest BCUT2D eigenvalue weighted by atomic mass is 16.1. The Kier molecular flexibility index (Phi) is 2.15. The van der Waals surface area contributed by atoms with Gasteiger partial charge >= 0.3 is 0 Å². The Morgan fingerprint density at radius 1 is 1.13 bits per heavy atom. The lowest BCUT2D eigenvalue weighted by atomic mass is 10.1. The maximum absolute atomic E-state index is 11.4. The predicted molar refractivity (Wildman–Crippen MR) is 58.2 cm³/mol. The number of Topliss-reactive ketones (excluding diaryl/α,β-unsaturated/α-hetero) is 1. The first-order valence-corrected chi connectivity index (χ1v) is 4.73. The van der Waals surface area contributed by atoms with E-state index in [1.165, 1.54) is 18.4 Å². The van der Waals surface area contributed by atoms with E-state index in [1.54, 1.807) is 12.3 Å². The van der Waals surface area contributed by atoms with Gasteiger partial charge in [-0.3, -0.25) is 14.2 Å². The zero-order chi connectivity index (χ0) is 11.0. The fourth-order valence-electron chi connectivity index (χ4n) is 1.74. The van der Waals surface area contributed by atoms with Gasteiger partial charge in [0.15, 0.2) is 5.78 Å². The number of carbonyl (C=O) groups is 2. The molecule has 1 aromatic carbocycles. The van der Waals surface area contributed by atoms with Crippen LogP contribution in [0.15, 0.2) is 30.5 Å². The molecule has 0 bridgehead atoms. The number of rotatable bonds is 1. The summed E-state index contributed by atoms with van der Waals surface area (Å²) in [5.74, 6) is -0.111. The molecule has 1 aromatic heterocycles. The molecule has 0 saturated carbocycles. The van der Waals surface area contributed by atoms with E-state index in [0.717, 1.165) is 5.39 Å². The molecule has 0 aliphatic carbocycles. The predicted octanol–water partition coefficient (Wildman–Crippen LogP) is 2.50. The van der Waals surface area contributed by atoms with Crippen molar-refractivity contribution in [2.45, 2.75) is 13.8 Å². The minimum absolute atomic E-state index is 0.0261. The van der Waals surface area contributed by atoms with E-state index in [0.29, 0.717) is 11.1 Å². The van der Waals surface area contributed by atoms with E-state index in [1.807, 2.05) is 18.2 Å². The molecule has 0 radical (unpaired) electrons. The van der Waals surface area contributed by atoms with Crippen LogP contribution >= 0.6 is 0 Å². The molecule has 2 aromatic rings. The van der Waals surface area contributed by atoms with Gasteiger partial charge in [-0.05, 0) is 19.1 Å². The number of hydrogen-bond donors (Lipinski definition) is 0. The second kappa shape index (κ2) is 3.35. The minimum atomic E-state index is -0.0845. The average molecular weight is 201 g/mol. The standard InChI is InChI=1S/C12H11NO2/c1-8(14)11-5-3-4-10-6-7-13(9(2)15)12(10)11/h3-7H,1-2H3. The first-order valence-electron chi connectivity index (χ1n) is 4.73. The van der Waals surface area contributed by atoms with Crippen molar-refractivity contribution < 1.29 is 9.59 Å². The third kappa shape index (κ3) is 1.46. The van der Waals surface area contributed by atoms with Gasteiger partial charge in [0.2, 0.25) is 5.91 Å². The van der Waals surface area contributed by atoms with Crippen molar-refractivity contribution in [1.82, 2.24) is 4.57 Å². The van der Waals surface area contributed by atoms with Crippen LogP contribution in [0, 0.1) is 0 Å². The Hall–Kier alpha value is -1.90. The van der Waals surface area contributed by atoms with Crippen LogP contribution in [0.2, 0.25) is 0 Å². The van der Waals surface area contributed by atoms with Crippen LogP contribution in [0.5, 0.6) is 0 Å².